The van der Waals surface area contributed by atoms with E-state index in [1.807, 2.05) is 0 Å². The van der Waals surface area contributed by atoms with Gasteiger partial charge in [0.1, 0.15) is 34.1 Å². The molecule has 0 aromatic heterocycles. The zero-order valence-corrected chi connectivity index (χ0v) is 25.9. The van der Waals surface area contributed by atoms with Crippen LogP contribution >= 0.6 is 0 Å². The lowest BCUT2D eigenvalue weighted by molar-refractivity contribution is -0.165. The number of ether oxygens (including phenoxy) is 6. The Morgan fingerprint density at radius 2 is 0.900 bits per heavy atom. The van der Waals surface area contributed by atoms with Crippen LogP contribution in [0, 0.1) is 0 Å². The van der Waals surface area contributed by atoms with Crippen molar-refractivity contribution in [3.8, 4) is 23.0 Å². The van der Waals surface area contributed by atoms with E-state index in [-0.39, 0.29) is 24.3 Å². The lowest BCUT2D eigenvalue weighted by Gasteiger charge is -2.21. The van der Waals surface area contributed by atoms with Gasteiger partial charge in [-0.1, -0.05) is 37.4 Å². The first kappa shape index (κ1) is 38.6. The van der Waals surface area contributed by atoms with Crippen LogP contribution in [0.1, 0.15) is 35.1 Å². The minimum absolute atomic E-state index is 0.0609. The molecule has 0 amide bonds. The van der Waals surface area contributed by atoms with Crippen molar-refractivity contribution >= 4 is 23.9 Å². The van der Waals surface area contributed by atoms with Gasteiger partial charge in [0.15, 0.2) is 0 Å². The van der Waals surface area contributed by atoms with Gasteiger partial charge in [-0.3, -0.25) is 9.59 Å². The summed E-state index contributed by atoms with van der Waals surface area (Å²) in [4.78, 5) is 47.0. The van der Waals surface area contributed by atoms with Crippen LogP contribution in [0.4, 0.5) is 26.3 Å². The van der Waals surface area contributed by atoms with Gasteiger partial charge in [0.25, 0.3) is 0 Å². The molecule has 50 heavy (non-hydrogen) atoms. The van der Waals surface area contributed by atoms with E-state index in [1.54, 1.807) is 0 Å². The Bertz CT molecular complexity index is 1560. The summed E-state index contributed by atoms with van der Waals surface area (Å²) >= 11 is 0. The van der Waals surface area contributed by atoms with E-state index in [0.29, 0.717) is 23.3 Å². The van der Waals surface area contributed by atoms with Gasteiger partial charge in [0.2, 0.25) is 13.6 Å². The predicted octanol–water partition coefficient (Wildman–Crippen LogP) is 6.93. The van der Waals surface area contributed by atoms with E-state index in [1.165, 1.54) is 48.5 Å². The molecule has 0 fully saturated rings. The van der Waals surface area contributed by atoms with E-state index in [9.17, 15) is 45.5 Å². The first-order chi connectivity index (χ1) is 23.6. The third-order valence-electron chi connectivity index (χ3n) is 6.41. The van der Waals surface area contributed by atoms with E-state index in [2.05, 4.69) is 22.6 Å². The second-order valence-corrected chi connectivity index (χ2v) is 9.90. The first-order valence-electron chi connectivity index (χ1n) is 14.3. The fourth-order valence-corrected chi connectivity index (χ4v) is 4.07. The van der Waals surface area contributed by atoms with Crippen molar-refractivity contribution in [1.82, 2.24) is 0 Å². The number of hydrogen-bond donors (Lipinski definition) is 0. The summed E-state index contributed by atoms with van der Waals surface area (Å²) in [5.41, 5.74) is -3.67. The molecule has 0 radical (unpaired) electrons. The minimum Gasteiger partial charge on any atom is -0.457 e. The SMILES string of the molecule is C=CC(=O)OCOc1ccc(CCC(=O)Oc2ccc(OC(=O)CCc3ccc(OCOC(=O)C=C)cc3)c(C(F)(F)F)c2C(F)(F)F)cc1. The molecule has 266 valence electrons. The van der Waals surface area contributed by atoms with E-state index < -0.39 is 85.3 Å². The van der Waals surface area contributed by atoms with Crippen molar-refractivity contribution in [1.29, 1.82) is 0 Å². The summed E-state index contributed by atoms with van der Waals surface area (Å²) in [5.74, 6) is -6.21. The Kier molecular flexibility index (Phi) is 13.6. The van der Waals surface area contributed by atoms with Crippen molar-refractivity contribution in [3.05, 3.63) is 108 Å². The summed E-state index contributed by atoms with van der Waals surface area (Å²) < 4.78 is 114. The summed E-state index contributed by atoms with van der Waals surface area (Å²) in [6.45, 7) is 5.65. The highest BCUT2D eigenvalue weighted by atomic mass is 19.4. The molecule has 3 aromatic carbocycles. The third kappa shape index (κ3) is 12.0. The van der Waals surface area contributed by atoms with Crippen LogP contribution in [0.3, 0.4) is 0 Å². The second-order valence-electron chi connectivity index (χ2n) is 9.90. The van der Waals surface area contributed by atoms with Crippen molar-refractivity contribution in [2.45, 2.75) is 38.0 Å². The van der Waals surface area contributed by atoms with Gasteiger partial charge >= 0.3 is 36.2 Å². The van der Waals surface area contributed by atoms with Crippen LogP contribution in [0.5, 0.6) is 23.0 Å². The van der Waals surface area contributed by atoms with Crippen LogP contribution in [0.2, 0.25) is 0 Å². The van der Waals surface area contributed by atoms with Crippen molar-refractivity contribution in [2.24, 2.45) is 0 Å². The lowest BCUT2D eigenvalue weighted by Crippen LogP contribution is -2.22. The molecule has 0 N–H and O–H groups in total. The number of halogens is 6. The number of esters is 4. The fraction of sp³-hybridized carbons (Fsp3) is 0.235. The molecule has 3 aromatic rings. The summed E-state index contributed by atoms with van der Waals surface area (Å²) in [5, 5.41) is 0. The molecule has 0 spiro atoms. The Balaban J connectivity index is 1.66. The number of carbonyl (C=O) groups excluding carboxylic acids is 4. The number of carbonyl (C=O) groups is 4. The van der Waals surface area contributed by atoms with Gasteiger partial charge in [-0.25, -0.2) is 9.59 Å². The molecule has 0 heterocycles. The summed E-state index contributed by atoms with van der Waals surface area (Å²) in [6.07, 6.45) is -10.6. The molecule has 10 nitrogen and oxygen atoms in total. The molecule has 0 aliphatic carbocycles. The van der Waals surface area contributed by atoms with Crippen LogP contribution < -0.4 is 18.9 Å². The molecular formula is C34H28F6O10. The highest BCUT2D eigenvalue weighted by molar-refractivity contribution is 5.81. The monoisotopic (exact) mass is 710 g/mol. The quantitative estimate of drug-likeness (QED) is 0.0508. The fourth-order valence-electron chi connectivity index (χ4n) is 4.07. The summed E-state index contributed by atoms with van der Waals surface area (Å²) in [7, 11) is 0. The van der Waals surface area contributed by atoms with Crippen LogP contribution in [-0.2, 0) is 53.8 Å². The van der Waals surface area contributed by atoms with Crippen molar-refractivity contribution < 1.29 is 73.9 Å². The second kappa shape index (κ2) is 17.6. The highest BCUT2D eigenvalue weighted by Gasteiger charge is 2.49. The molecule has 0 unspecified atom stereocenters. The standard InChI is InChI=1S/C34H28F6O10/c1-3-27(41)47-19-45-23-11-5-21(6-12-23)9-17-29(43)49-25-15-16-26(32(34(38,39)40)31(25)33(35,36)37)50-30(44)18-10-22-7-13-24(14-8-22)46-20-48-28(42)4-2/h3-8,11-16H,1-2,9-10,17-20H2. The van der Waals surface area contributed by atoms with Gasteiger partial charge in [0.05, 0.1) is 0 Å². The topological polar surface area (TPSA) is 124 Å². The van der Waals surface area contributed by atoms with Gasteiger partial charge < -0.3 is 28.4 Å². The van der Waals surface area contributed by atoms with Gasteiger partial charge in [-0.15, -0.1) is 0 Å². The smallest absolute Gasteiger partial charge is 0.420 e. The molecule has 16 heteroatoms. The number of benzene rings is 3. The third-order valence-corrected chi connectivity index (χ3v) is 6.41. The number of alkyl halides is 6. The van der Waals surface area contributed by atoms with E-state index in [0.717, 1.165) is 12.2 Å². The maximum absolute atomic E-state index is 14.1. The Labute approximate surface area is 280 Å². The zero-order chi connectivity index (χ0) is 36.9. The number of rotatable bonds is 16. The van der Waals surface area contributed by atoms with Crippen molar-refractivity contribution in [2.75, 3.05) is 13.6 Å². The van der Waals surface area contributed by atoms with Crippen molar-refractivity contribution in [3.63, 3.8) is 0 Å². The molecule has 0 saturated carbocycles. The first-order valence-corrected chi connectivity index (χ1v) is 14.3. The summed E-state index contributed by atoms with van der Waals surface area (Å²) in [6, 6.07) is 12.8. The molecule has 3 rings (SSSR count). The van der Waals surface area contributed by atoms with E-state index in [4.69, 9.17) is 18.9 Å². The average molecular weight is 711 g/mol. The Morgan fingerprint density at radius 3 is 1.20 bits per heavy atom. The van der Waals surface area contributed by atoms with Crippen LogP contribution in [0.15, 0.2) is 86.0 Å². The molecule has 0 saturated heterocycles. The van der Waals surface area contributed by atoms with E-state index >= 15 is 0 Å². The Hall–Kier alpha value is -5.80. The number of aryl methyl sites for hydroxylation is 2. The van der Waals surface area contributed by atoms with Gasteiger partial charge in [-0.05, 0) is 60.4 Å². The predicted molar refractivity (Wildman–Crippen MR) is 161 cm³/mol. The van der Waals surface area contributed by atoms with Crippen LogP contribution in [-0.4, -0.2) is 37.5 Å². The Morgan fingerprint density at radius 1 is 0.560 bits per heavy atom. The maximum atomic E-state index is 14.1. The lowest BCUT2D eigenvalue weighted by atomic mass is 10.0. The zero-order valence-electron chi connectivity index (χ0n) is 25.9. The number of hydrogen-bond acceptors (Lipinski definition) is 10. The molecule has 0 aliphatic heterocycles. The molecule has 0 bridgehead atoms. The molecule has 0 aliphatic rings. The molecule has 0 atom stereocenters. The minimum atomic E-state index is -5.67. The molecular weight excluding hydrogens is 682 g/mol. The van der Waals surface area contributed by atoms with Gasteiger partial charge in [-0.2, -0.15) is 26.3 Å². The normalized spacial score (nSPS) is 11.2. The highest BCUT2D eigenvalue weighted by Crippen LogP contribution is 2.49. The largest absolute Gasteiger partial charge is 0.457 e. The van der Waals surface area contributed by atoms with Crippen LogP contribution in [0.25, 0.3) is 0 Å². The maximum Gasteiger partial charge on any atom is 0.420 e. The average Bonchev–Trinajstić information content (AvgIpc) is 3.06. The van der Waals surface area contributed by atoms with Gasteiger partial charge in [0, 0.05) is 25.0 Å².